The molecule has 21 heavy (non-hydrogen) atoms. The third-order valence-electron chi connectivity index (χ3n) is 2.76. The Morgan fingerprint density at radius 1 is 1.24 bits per heavy atom. The lowest BCUT2D eigenvalue weighted by Gasteiger charge is -2.08. The molecule has 0 fully saturated rings. The minimum Gasteiger partial charge on any atom is -0.399 e. The molecule has 0 saturated carbocycles. The van der Waals surface area contributed by atoms with E-state index in [1.165, 1.54) is 19.2 Å². The topological polar surface area (TPSA) is 104 Å². The minimum atomic E-state index is -4.63. The molecule has 0 saturated heterocycles. The number of nitrogen functional groups attached to an aromatic ring is 1. The van der Waals surface area contributed by atoms with Crippen LogP contribution >= 0.6 is 0 Å². The number of rotatable bonds is 2. The van der Waals surface area contributed by atoms with Gasteiger partial charge < -0.3 is 5.73 Å². The van der Waals surface area contributed by atoms with Crippen LogP contribution in [0.4, 0.5) is 18.9 Å². The molecule has 6 nitrogen and oxygen atoms in total. The first-order valence-electron chi connectivity index (χ1n) is 5.54. The van der Waals surface area contributed by atoms with Crippen molar-refractivity contribution in [3.05, 3.63) is 30.0 Å². The van der Waals surface area contributed by atoms with Gasteiger partial charge in [0.15, 0.2) is 5.69 Å². The van der Waals surface area contributed by atoms with Gasteiger partial charge in [-0.2, -0.15) is 18.3 Å². The van der Waals surface area contributed by atoms with Gasteiger partial charge >= 0.3 is 6.18 Å². The second-order valence-electron chi connectivity index (χ2n) is 4.34. The van der Waals surface area contributed by atoms with Crippen molar-refractivity contribution in [1.29, 1.82) is 0 Å². The van der Waals surface area contributed by atoms with Crippen LogP contribution in [0.3, 0.4) is 0 Å². The number of hydrogen-bond donors (Lipinski definition) is 2. The van der Waals surface area contributed by atoms with Crippen molar-refractivity contribution < 1.29 is 21.6 Å². The highest BCUT2D eigenvalue weighted by Crippen LogP contribution is 2.34. The maximum absolute atomic E-state index is 12.7. The van der Waals surface area contributed by atoms with Gasteiger partial charge in [0.25, 0.3) is 0 Å². The molecule has 1 heterocycles. The van der Waals surface area contributed by atoms with Gasteiger partial charge in [-0.05, 0) is 24.3 Å². The Morgan fingerprint density at radius 3 is 2.33 bits per heavy atom. The summed E-state index contributed by atoms with van der Waals surface area (Å²) in [4.78, 5) is -0.362. The van der Waals surface area contributed by atoms with Gasteiger partial charge in [-0.1, -0.05) is 0 Å². The predicted octanol–water partition coefficient (Wildman–Crippen LogP) is 1.34. The maximum atomic E-state index is 12.7. The normalized spacial score (nSPS) is 12.6. The first kappa shape index (κ1) is 15.3. The third kappa shape index (κ3) is 3.00. The lowest BCUT2D eigenvalue weighted by atomic mass is 10.1. The molecule has 0 spiro atoms. The highest BCUT2D eigenvalue weighted by atomic mass is 32.2. The molecule has 0 radical (unpaired) electrons. The van der Waals surface area contributed by atoms with Crippen molar-refractivity contribution in [1.82, 2.24) is 9.78 Å². The molecule has 2 rings (SSSR count). The largest absolute Gasteiger partial charge is 0.435 e. The van der Waals surface area contributed by atoms with E-state index in [4.69, 9.17) is 10.9 Å². The molecular weight excluding hydrogens is 309 g/mol. The summed E-state index contributed by atoms with van der Waals surface area (Å²) in [6.07, 6.45) is -4.63. The summed E-state index contributed by atoms with van der Waals surface area (Å²) in [5.74, 6) is 0. The summed E-state index contributed by atoms with van der Waals surface area (Å²) in [5, 5.41) is 8.40. The molecule has 114 valence electrons. The molecule has 0 aliphatic carbocycles. The molecule has 0 unspecified atom stereocenters. The maximum Gasteiger partial charge on any atom is 0.435 e. The van der Waals surface area contributed by atoms with E-state index in [-0.39, 0.29) is 21.8 Å². The van der Waals surface area contributed by atoms with Crippen molar-refractivity contribution in [2.45, 2.75) is 11.1 Å². The fraction of sp³-hybridized carbons (Fsp3) is 0.182. The molecule has 10 heteroatoms. The average molecular weight is 320 g/mol. The lowest BCUT2D eigenvalue weighted by Crippen LogP contribution is -2.14. The Labute approximate surface area is 118 Å². The predicted molar refractivity (Wildman–Crippen MR) is 69.4 cm³/mol. The van der Waals surface area contributed by atoms with Crippen molar-refractivity contribution in [2.75, 3.05) is 5.73 Å². The number of anilines is 1. The van der Waals surface area contributed by atoms with Crippen LogP contribution in [0.1, 0.15) is 5.69 Å². The molecule has 0 aliphatic rings. The van der Waals surface area contributed by atoms with Gasteiger partial charge in [0.1, 0.15) is 0 Å². The number of hydrogen-bond acceptors (Lipinski definition) is 4. The Morgan fingerprint density at radius 2 is 1.86 bits per heavy atom. The van der Waals surface area contributed by atoms with Crippen molar-refractivity contribution in [3.63, 3.8) is 0 Å². The number of halogens is 3. The van der Waals surface area contributed by atoms with E-state index in [1.54, 1.807) is 0 Å². The standard InChI is InChI=1S/C11H11F3N4O2S/c1-18-8(5-10(17-18)11(12,13)14)7-3-2-6(15)4-9(7)21(16,19)20/h2-5H,15H2,1H3,(H2,16,19,20). The number of nitrogens with zero attached hydrogens (tertiary/aromatic N) is 2. The Hall–Kier alpha value is -2.07. The van der Waals surface area contributed by atoms with Crippen LogP contribution in [0.2, 0.25) is 0 Å². The number of aryl methyl sites for hydroxylation is 1. The summed E-state index contributed by atoms with van der Waals surface area (Å²) in [6, 6.07) is 4.49. The second-order valence-corrected chi connectivity index (χ2v) is 5.87. The van der Waals surface area contributed by atoms with Gasteiger partial charge in [0.2, 0.25) is 10.0 Å². The number of nitrogens with two attached hydrogens (primary N) is 2. The fourth-order valence-corrected chi connectivity index (χ4v) is 2.62. The van der Waals surface area contributed by atoms with Gasteiger partial charge in [-0.15, -0.1) is 0 Å². The summed E-state index contributed by atoms with van der Waals surface area (Å²) in [6.45, 7) is 0. The molecule has 2 aromatic rings. The minimum absolute atomic E-state index is 0.00259. The van der Waals surface area contributed by atoms with Crippen LogP contribution in [0, 0.1) is 0 Å². The summed E-state index contributed by atoms with van der Waals surface area (Å²) >= 11 is 0. The Bertz CT molecular complexity index is 796. The zero-order valence-electron chi connectivity index (χ0n) is 10.7. The number of alkyl halides is 3. The smallest absolute Gasteiger partial charge is 0.399 e. The van der Waals surface area contributed by atoms with E-state index >= 15 is 0 Å². The van der Waals surface area contributed by atoms with E-state index < -0.39 is 21.9 Å². The van der Waals surface area contributed by atoms with E-state index in [1.807, 2.05) is 0 Å². The number of benzene rings is 1. The number of primary sulfonamides is 1. The van der Waals surface area contributed by atoms with Gasteiger partial charge in [-0.25, -0.2) is 13.6 Å². The van der Waals surface area contributed by atoms with E-state index in [9.17, 15) is 21.6 Å². The molecule has 1 aromatic carbocycles. The first-order chi connectivity index (χ1) is 9.50. The molecule has 1 aromatic heterocycles. The lowest BCUT2D eigenvalue weighted by molar-refractivity contribution is -0.141. The molecule has 0 bridgehead atoms. The van der Waals surface area contributed by atoms with Crippen molar-refractivity contribution in [2.24, 2.45) is 12.2 Å². The highest BCUT2D eigenvalue weighted by Gasteiger charge is 2.35. The van der Waals surface area contributed by atoms with Crippen LogP contribution in [0.25, 0.3) is 11.3 Å². The summed E-state index contributed by atoms with van der Waals surface area (Å²) in [5.41, 5.74) is 4.45. The average Bonchev–Trinajstić information content (AvgIpc) is 2.70. The van der Waals surface area contributed by atoms with Crippen LogP contribution in [-0.2, 0) is 23.2 Å². The number of sulfonamides is 1. The molecule has 4 N–H and O–H groups in total. The molecule has 0 atom stereocenters. The zero-order valence-corrected chi connectivity index (χ0v) is 11.5. The monoisotopic (exact) mass is 320 g/mol. The molecular formula is C11H11F3N4O2S. The van der Waals surface area contributed by atoms with Crippen molar-refractivity contribution >= 4 is 15.7 Å². The Kier molecular flexibility index (Phi) is 3.46. The summed E-state index contributed by atoms with van der Waals surface area (Å²) < 4.78 is 62.0. The zero-order chi connectivity index (χ0) is 16.0. The first-order valence-corrected chi connectivity index (χ1v) is 7.08. The van der Waals surface area contributed by atoms with Gasteiger partial charge in [0.05, 0.1) is 10.6 Å². The molecule has 0 amide bonds. The fourth-order valence-electron chi connectivity index (χ4n) is 1.84. The summed E-state index contributed by atoms with van der Waals surface area (Å²) in [7, 11) is -2.88. The van der Waals surface area contributed by atoms with Gasteiger partial charge in [-0.3, -0.25) is 4.68 Å². The van der Waals surface area contributed by atoms with Gasteiger partial charge in [0, 0.05) is 18.3 Å². The van der Waals surface area contributed by atoms with Crippen LogP contribution in [0.5, 0.6) is 0 Å². The highest BCUT2D eigenvalue weighted by molar-refractivity contribution is 7.89. The quantitative estimate of drug-likeness (QED) is 0.815. The number of aromatic nitrogens is 2. The van der Waals surface area contributed by atoms with Crippen LogP contribution in [0.15, 0.2) is 29.2 Å². The van der Waals surface area contributed by atoms with Crippen molar-refractivity contribution in [3.8, 4) is 11.3 Å². The van der Waals surface area contributed by atoms with E-state index in [0.717, 1.165) is 16.8 Å². The second kappa shape index (κ2) is 4.74. The Balaban J connectivity index is 2.71. The van der Waals surface area contributed by atoms with Crippen LogP contribution < -0.4 is 10.9 Å². The SMILES string of the molecule is Cn1nc(C(F)(F)F)cc1-c1ccc(N)cc1S(N)(=O)=O. The van der Waals surface area contributed by atoms with E-state index in [2.05, 4.69) is 5.10 Å². The third-order valence-corrected chi connectivity index (χ3v) is 3.71. The van der Waals surface area contributed by atoms with Crippen LogP contribution in [-0.4, -0.2) is 18.2 Å². The van der Waals surface area contributed by atoms with E-state index in [0.29, 0.717) is 0 Å². The molecule has 0 aliphatic heterocycles.